The molecule has 0 unspecified atom stereocenters. The van der Waals surface area contributed by atoms with Gasteiger partial charge in [0.2, 0.25) is 5.88 Å². The van der Waals surface area contributed by atoms with E-state index in [1.54, 1.807) is 24.0 Å². The SMILES string of the molecule is CCOc1ncccc1[C@@]1(NC(=O)N2CC3(CCN(C4CCNCC4)CC3)C2)C(=O)N(S(=O)(=O)c2ccc(OC)cc2OC)c2ccc(C#N)cc21. The van der Waals surface area contributed by atoms with Gasteiger partial charge in [0.25, 0.3) is 15.9 Å². The van der Waals surface area contributed by atoms with Crippen LogP contribution in [0.5, 0.6) is 17.4 Å². The van der Waals surface area contributed by atoms with E-state index < -0.39 is 27.5 Å². The maximum atomic E-state index is 15.2. The maximum Gasteiger partial charge on any atom is 0.318 e. The molecule has 0 saturated carbocycles. The van der Waals surface area contributed by atoms with Crippen LogP contribution in [-0.4, -0.2) is 101 Å². The standard InChI is InChI=1S/C37H43N7O7S/c1-4-51-33-28(6-5-15-40-33)37(41-35(46)43-23-36(24-43)13-18-42(19-14-36)26-11-16-39-17-12-26)29-20-25(22-38)7-9-30(29)44(34(37)45)52(47,48)32-10-8-27(49-2)21-31(32)50-3/h5-10,15,20-21,26,39H,4,11-14,16-19,23-24H2,1-3H3,(H,41,46)/t37-/m0/s1. The van der Waals surface area contributed by atoms with Gasteiger partial charge in [0.1, 0.15) is 16.4 Å². The zero-order valence-corrected chi connectivity index (χ0v) is 30.4. The topological polar surface area (TPSA) is 166 Å². The Bertz CT molecular complexity index is 2010. The summed E-state index contributed by atoms with van der Waals surface area (Å²) < 4.78 is 46.6. The lowest BCUT2D eigenvalue weighted by Crippen LogP contribution is -2.67. The summed E-state index contributed by atoms with van der Waals surface area (Å²) in [7, 11) is -1.93. The number of aromatic nitrogens is 1. The molecule has 2 N–H and O–H groups in total. The van der Waals surface area contributed by atoms with E-state index in [0.29, 0.717) is 29.2 Å². The number of nitriles is 1. The molecular formula is C37H43N7O7S. The highest BCUT2D eigenvalue weighted by Crippen LogP contribution is 2.50. The van der Waals surface area contributed by atoms with Crippen molar-refractivity contribution in [1.82, 2.24) is 25.4 Å². The number of piperidine rings is 2. The van der Waals surface area contributed by atoms with Crippen LogP contribution in [-0.2, 0) is 20.4 Å². The molecule has 7 rings (SSSR count). The quantitative estimate of drug-likeness (QED) is 0.332. The predicted octanol–water partition coefficient (Wildman–Crippen LogP) is 3.21. The number of anilines is 1. The van der Waals surface area contributed by atoms with Gasteiger partial charge >= 0.3 is 6.03 Å². The number of likely N-dealkylation sites (tertiary alicyclic amines) is 2. The Labute approximate surface area is 303 Å². The summed E-state index contributed by atoms with van der Waals surface area (Å²) in [5.41, 5.74) is -1.79. The number of fused-ring (bicyclic) bond motifs is 1. The van der Waals surface area contributed by atoms with E-state index in [4.69, 9.17) is 14.2 Å². The number of benzene rings is 2. The number of hydrogen-bond donors (Lipinski definition) is 2. The van der Waals surface area contributed by atoms with Gasteiger partial charge in [-0.2, -0.15) is 9.57 Å². The number of carbonyl (C=O) groups excluding carboxylic acids is 2. The second kappa shape index (κ2) is 13.9. The van der Waals surface area contributed by atoms with Crippen molar-refractivity contribution in [2.24, 2.45) is 5.41 Å². The fourth-order valence-electron chi connectivity index (χ4n) is 8.16. The number of sulfonamides is 1. The summed E-state index contributed by atoms with van der Waals surface area (Å²) in [6.45, 7) is 6.97. The molecule has 3 amide bonds. The van der Waals surface area contributed by atoms with Gasteiger partial charge in [-0.1, -0.05) is 0 Å². The third-order valence-electron chi connectivity index (χ3n) is 10.9. The molecule has 14 nitrogen and oxygen atoms in total. The molecule has 0 radical (unpaired) electrons. The highest BCUT2D eigenvalue weighted by atomic mass is 32.2. The average molecular weight is 730 g/mol. The van der Waals surface area contributed by atoms with Crippen LogP contribution in [0.25, 0.3) is 0 Å². The number of urea groups is 1. The highest BCUT2D eigenvalue weighted by Gasteiger charge is 2.60. The number of pyridine rings is 1. The summed E-state index contributed by atoms with van der Waals surface area (Å²) in [5.74, 6) is -0.635. The molecule has 1 atom stereocenters. The van der Waals surface area contributed by atoms with Gasteiger partial charge in [0, 0.05) is 42.4 Å². The minimum absolute atomic E-state index is 0.0232. The summed E-state index contributed by atoms with van der Waals surface area (Å²) in [6.07, 6.45) is 5.70. The third-order valence-corrected chi connectivity index (χ3v) is 12.7. The monoisotopic (exact) mass is 729 g/mol. The molecule has 3 fully saturated rings. The molecule has 3 saturated heterocycles. The van der Waals surface area contributed by atoms with Crippen LogP contribution in [0.4, 0.5) is 10.5 Å². The van der Waals surface area contributed by atoms with Crippen molar-refractivity contribution >= 4 is 27.6 Å². The van der Waals surface area contributed by atoms with Crippen molar-refractivity contribution in [2.45, 2.75) is 49.1 Å². The number of ether oxygens (including phenoxy) is 3. The van der Waals surface area contributed by atoms with Crippen LogP contribution in [0.2, 0.25) is 0 Å². The largest absolute Gasteiger partial charge is 0.497 e. The Hall–Kier alpha value is -4.91. The number of hydrogen-bond acceptors (Lipinski definition) is 11. The zero-order chi connectivity index (χ0) is 36.7. The van der Waals surface area contributed by atoms with E-state index in [1.807, 2.05) is 0 Å². The first-order valence-electron chi connectivity index (χ1n) is 17.6. The normalized spacial score (nSPS) is 21.6. The zero-order valence-electron chi connectivity index (χ0n) is 29.6. The molecule has 2 aromatic carbocycles. The fraction of sp³-hybridized carbons (Fsp3) is 0.459. The molecule has 1 spiro atoms. The molecule has 1 aromatic heterocycles. The molecule has 274 valence electrons. The van der Waals surface area contributed by atoms with Crippen molar-refractivity contribution in [2.75, 3.05) is 64.4 Å². The Kier molecular flexibility index (Phi) is 9.49. The minimum atomic E-state index is -4.69. The molecule has 5 heterocycles. The van der Waals surface area contributed by atoms with Gasteiger partial charge < -0.3 is 34.6 Å². The molecule has 0 bridgehead atoms. The Morgan fingerprint density at radius 1 is 1.06 bits per heavy atom. The van der Waals surface area contributed by atoms with E-state index in [9.17, 15) is 18.5 Å². The number of nitrogens with one attached hydrogen (secondary N) is 2. The first-order chi connectivity index (χ1) is 25.1. The van der Waals surface area contributed by atoms with Crippen LogP contribution >= 0.6 is 0 Å². The van der Waals surface area contributed by atoms with Crippen molar-refractivity contribution in [1.29, 1.82) is 5.26 Å². The van der Waals surface area contributed by atoms with Gasteiger partial charge in [-0.15, -0.1) is 0 Å². The second-order valence-corrected chi connectivity index (χ2v) is 15.5. The number of methoxy groups -OCH3 is 2. The summed E-state index contributed by atoms with van der Waals surface area (Å²) in [4.78, 5) is 37.9. The third kappa shape index (κ3) is 5.88. The van der Waals surface area contributed by atoms with E-state index in [2.05, 4.69) is 26.6 Å². The van der Waals surface area contributed by atoms with Crippen molar-refractivity contribution < 1.29 is 32.2 Å². The van der Waals surface area contributed by atoms with Gasteiger partial charge in [-0.05, 0) is 101 Å². The number of amides is 3. The molecular weight excluding hydrogens is 687 g/mol. The van der Waals surface area contributed by atoms with Crippen LogP contribution < -0.4 is 29.1 Å². The molecule has 4 aliphatic heterocycles. The van der Waals surface area contributed by atoms with E-state index in [0.717, 1.165) is 51.9 Å². The van der Waals surface area contributed by atoms with Crippen LogP contribution in [0.15, 0.2) is 59.6 Å². The first-order valence-corrected chi connectivity index (χ1v) is 19.0. The number of rotatable bonds is 9. The van der Waals surface area contributed by atoms with Gasteiger partial charge in [-0.25, -0.2) is 18.2 Å². The van der Waals surface area contributed by atoms with E-state index in [1.165, 1.54) is 56.8 Å². The summed E-state index contributed by atoms with van der Waals surface area (Å²) in [6, 6.07) is 13.7. The van der Waals surface area contributed by atoms with Gasteiger partial charge in [0.15, 0.2) is 5.54 Å². The Balaban J connectivity index is 1.27. The molecule has 0 aliphatic carbocycles. The van der Waals surface area contributed by atoms with Crippen LogP contribution in [0.3, 0.4) is 0 Å². The first kappa shape index (κ1) is 35.5. The minimum Gasteiger partial charge on any atom is -0.497 e. The number of carbonyl (C=O) groups is 2. The van der Waals surface area contributed by atoms with Crippen molar-refractivity contribution in [3.8, 4) is 23.4 Å². The fourth-order valence-corrected chi connectivity index (χ4v) is 9.77. The number of nitrogens with zero attached hydrogens (tertiary/aromatic N) is 5. The van der Waals surface area contributed by atoms with Gasteiger partial charge in [-0.3, -0.25) is 4.79 Å². The lowest BCUT2D eigenvalue weighted by Gasteiger charge is -2.55. The maximum absolute atomic E-state index is 15.2. The van der Waals surface area contributed by atoms with E-state index in [-0.39, 0.29) is 50.9 Å². The molecule has 4 aliphatic rings. The lowest BCUT2D eigenvalue weighted by atomic mass is 9.71. The second-order valence-electron chi connectivity index (χ2n) is 13.8. The predicted molar refractivity (Wildman–Crippen MR) is 191 cm³/mol. The molecule has 52 heavy (non-hydrogen) atoms. The van der Waals surface area contributed by atoms with Crippen LogP contribution in [0, 0.1) is 16.7 Å². The van der Waals surface area contributed by atoms with E-state index >= 15 is 4.79 Å². The Morgan fingerprint density at radius 2 is 1.81 bits per heavy atom. The smallest absolute Gasteiger partial charge is 0.318 e. The summed E-state index contributed by atoms with van der Waals surface area (Å²) >= 11 is 0. The van der Waals surface area contributed by atoms with Crippen molar-refractivity contribution in [3.63, 3.8) is 0 Å². The Morgan fingerprint density at radius 3 is 2.48 bits per heavy atom. The molecule has 3 aromatic rings. The lowest BCUT2D eigenvalue weighted by molar-refractivity contribution is -0.121. The molecule has 15 heteroatoms. The van der Waals surface area contributed by atoms with Crippen LogP contribution in [0.1, 0.15) is 49.3 Å². The van der Waals surface area contributed by atoms with Gasteiger partial charge in [0.05, 0.1) is 43.7 Å². The summed E-state index contributed by atoms with van der Waals surface area (Å²) in [5, 5.41) is 16.4. The highest BCUT2D eigenvalue weighted by molar-refractivity contribution is 7.93. The van der Waals surface area contributed by atoms with Crippen molar-refractivity contribution in [3.05, 3.63) is 71.4 Å². The average Bonchev–Trinajstić information content (AvgIpc) is 3.41.